The van der Waals surface area contributed by atoms with Crippen molar-refractivity contribution < 1.29 is 13.2 Å². The molecule has 0 aliphatic carbocycles. The Hall–Kier alpha value is -0.900. The Morgan fingerprint density at radius 2 is 1.71 bits per heavy atom. The molecule has 0 spiro atoms. The Bertz CT molecular complexity index is 281. The normalized spacial score (nSPS) is 11.4. The minimum absolute atomic E-state index is 0.120. The summed E-state index contributed by atoms with van der Waals surface area (Å²) in [4.78, 5) is 0. The van der Waals surface area contributed by atoms with Gasteiger partial charge in [-0.3, -0.25) is 0 Å². The zero-order valence-electron chi connectivity index (χ0n) is 7.24. The molecule has 0 aliphatic heterocycles. The molecule has 1 nitrogen and oxygen atoms in total. The van der Waals surface area contributed by atoms with Gasteiger partial charge in [0.05, 0.1) is 6.42 Å². The van der Waals surface area contributed by atoms with E-state index in [9.17, 15) is 13.2 Å². The zero-order valence-corrected chi connectivity index (χ0v) is 7.99. The first-order chi connectivity index (χ1) is 6.47. The van der Waals surface area contributed by atoms with Crippen LogP contribution in [0.15, 0.2) is 24.3 Å². The van der Waals surface area contributed by atoms with Crippen molar-refractivity contribution in [1.82, 2.24) is 0 Å². The predicted molar refractivity (Wildman–Crippen MR) is 50.6 cm³/mol. The first kappa shape index (κ1) is 11.2. The highest BCUT2D eigenvalue weighted by Crippen LogP contribution is 2.20. The van der Waals surface area contributed by atoms with Crippen molar-refractivity contribution >= 4 is 17.3 Å². The van der Waals surface area contributed by atoms with Gasteiger partial charge in [-0.05, 0) is 24.3 Å². The molecule has 0 amide bonds. The summed E-state index contributed by atoms with van der Waals surface area (Å²) in [6.45, 7) is -0.120. The molecular weight excluding hydrogens is 215 g/mol. The molecule has 0 unspecified atom stereocenters. The third-order valence-electron chi connectivity index (χ3n) is 1.58. The molecule has 1 N–H and O–H groups in total. The van der Waals surface area contributed by atoms with Crippen molar-refractivity contribution in [2.45, 2.75) is 12.6 Å². The molecule has 0 aromatic heterocycles. The number of benzene rings is 1. The summed E-state index contributed by atoms with van der Waals surface area (Å²) < 4.78 is 35.3. The number of halogens is 4. The lowest BCUT2D eigenvalue weighted by Gasteiger charge is -2.08. The highest BCUT2D eigenvalue weighted by molar-refractivity contribution is 6.30. The van der Waals surface area contributed by atoms with Gasteiger partial charge in [0, 0.05) is 17.3 Å². The van der Waals surface area contributed by atoms with Gasteiger partial charge >= 0.3 is 6.18 Å². The van der Waals surface area contributed by atoms with Crippen LogP contribution in [0.3, 0.4) is 0 Å². The molecule has 0 saturated carbocycles. The second-order valence-electron chi connectivity index (χ2n) is 2.80. The lowest BCUT2D eigenvalue weighted by molar-refractivity contribution is -0.131. The molecule has 0 aliphatic rings. The fraction of sp³-hybridized carbons (Fsp3) is 0.333. The minimum atomic E-state index is -4.11. The van der Waals surface area contributed by atoms with Crippen LogP contribution in [0.4, 0.5) is 18.9 Å². The van der Waals surface area contributed by atoms with E-state index < -0.39 is 12.6 Å². The van der Waals surface area contributed by atoms with Gasteiger partial charge in [0.2, 0.25) is 0 Å². The van der Waals surface area contributed by atoms with E-state index in [0.29, 0.717) is 10.7 Å². The average Bonchev–Trinajstić information content (AvgIpc) is 2.06. The highest BCUT2D eigenvalue weighted by Gasteiger charge is 2.25. The van der Waals surface area contributed by atoms with E-state index in [1.54, 1.807) is 24.3 Å². The Kier molecular flexibility index (Phi) is 3.63. The Morgan fingerprint density at radius 1 is 1.14 bits per heavy atom. The van der Waals surface area contributed by atoms with Gasteiger partial charge in [0.15, 0.2) is 0 Å². The van der Waals surface area contributed by atoms with Crippen molar-refractivity contribution in [3.63, 3.8) is 0 Å². The summed E-state index contributed by atoms with van der Waals surface area (Å²) in [5.74, 6) is 0. The summed E-state index contributed by atoms with van der Waals surface area (Å²) in [7, 11) is 0. The third-order valence-corrected chi connectivity index (χ3v) is 1.83. The van der Waals surface area contributed by atoms with Crippen LogP contribution in [0.2, 0.25) is 5.02 Å². The molecule has 0 fully saturated rings. The SMILES string of the molecule is FC(F)(F)CCNc1ccc(Cl)cc1. The number of nitrogens with one attached hydrogen (secondary N) is 1. The molecule has 0 radical (unpaired) electrons. The zero-order chi connectivity index (χ0) is 10.6. The van der Waals surface area contributed by atoms with E-state index in [-0.39, 0.29) is 6.54 Å². The largest absolute Gasteiger partial charge is 0.390 e. The molecule has 1 aromatic carbocycles. The Labute approximate surface area is 84.9 Å². The Balaban J connectivity index is 2.35. The number of anilines is 1. The second-order valence-corrected chi connectivity index (χ2v) is 3.24. The second kappa shape index (κ2) is 4.55. The molecule has 1 rings (SSSR count). The van der Waals surface area contributed by atoms with Crippen LogP contribution in [0.5, 0.6) is 0 Å². The van der Waals surface area contributed by atoms with E-state index in [2.05, 4.69) is 5.32 Å². The third kappa shape index (κ3) is 4.37. The van der Waals surface area contributed by atoms with E-state index >= 15 is 0 Å². The van der Waals surface area contributed by atoms with Crippen LogP contribution in [0.25, 0.3) is 0 Å². The van der Waals surface area contributed by atoms with E-state index in [4.69, 9.17) is 11.6 Å². The lowest BCUT2D eigenvalue weighted by Crippen LogP contribution is -2.14. The molecule has 0 heterocycles. The lowest BCUT2D eigenvalue weighted by atomic mass is 10.3. The molecular formula is C9H9ClF3N. The molecule has 1 aromatic rings. The summed E-state index contributed by atoms with van der Waals surface area (Å²) in [5.41, 5.74) is 0.638. The number of alkyl halides is 3. The fourth-order valence-electron chi connectivity index (χ4n) is 0.916. The van der Waals surface area contributed by atoms with Gasteiger partial charge in [0.1, 0.15) is 0 Å². The van der Waals surface area contributed by atoms with Crippen LogP contribution in [-0.2, 0) is 0 Å². The first-order valence-electron chi connectivity index (χ1n) is 4.03. The van der Waals surface area contributed by atoms with Crippen molar-refractivity contribution in [2.24, 2.45) is 0 Å². The van der Waals surface area contributed by atoms with Gasteiger partial charge in [-0.1, -0.05) is 11.6 Å². The number of hydrogen-bond acceptors (Lipinski definition) is 1. The van der Waals surface area contributed by atoms with Crippen molar-refractivity contribution in [2.75, 3.05) is 11.9 Å². The summed E-state index contributed by atoms with van der Waals surface area (Å²) >= 11 is 5.61. The molecule has 0 atom stereocenters. The predicted octanol–water partition coefficient (Wildman–Crippen LogP) is 3.70. The maximum absolute atomic E-state index is 11.8. The standard InChI is InChI=1S/C9H9ClF3N/c10-7-1-3-8(4-2-7)14-6-5-9(11,12)13/h1-4,14H,5-6H2. The van der Waals surface area contributed by atoms with Gasteiger partial charge in [0.25, 0.3) is 0 Å². The topological polar surface area (TPSA) is 12.0 Å². The van der Waals surface area contributed by atoms with Gasteiger partial charge in [-0.25, -0.2) is 0 Å². The highest BCUT2D eigenvalue weighted by atomic mass is 35.5. The van der Waals surface area contributed by atoms with Crippen LogP contribution >= 0.6 is 11.6 Å². The first-order valence-corrected chi connectivity index (χ1v) is 4.41. The van der Waals surface area contributed by atoms with E-state index in [0.717, 1.165) is 0 Å². The van der Waals surface area contributed by atoms with Crippen LogP contribution in [0, 0.1) is 0 Å². The molecule has 0 bridgehead atoms. The Morgan fingerprint density at radius 3 is 2.21 bits per heavy atom. The van der Waals surface area contributed by atoms with E-state index in [1.165, 1.54) is 0 Å². The summed E-state index contributed by atoms with van der Waals surface area (Å²) in [6, 6.07) is 6.52. The average molecular weight is 224 g/mol. The van der Waals surface area contributed by atoms with Crippen molar-refractivity contribution in [3.05, 3.63) is 29.3 Å². The van der Waals surface area contributed by atoms with Gasteiger partial charge in [-0.15, -0.1) is 0 Å². The summed E-state index contributed by atoms with van der Waals surface area (Å²) in [6.07, 6.45) is -4.95. The maximum Gasteiger partial charge on any atom is 0.390 e. The van der Waals surface area contributed by atoms with Crippen LogP contribution in [0.1, 0.15) is 6.42 Å². The molecule has 14 heavy (non-hydrogen) atoms. The van der Waals surface area contributed by atoms with Crippen molar-refractivity contribution in [1.29, 1.82) is 0 Å². The maximum atomic E-state index is 11.8. The van der Waals surface area contributed by atoms with Crippen molar-refractivity contribution in [3.8, 4) is 0 Å². The van der Waals surface area contributed by atoms with Gasteiger partial charge < -0.3 is 5.32 Å². The van der Waals surface area contributed by atoms with E-state index in [1.807, 2.05) is 0 Å². The smallest absolute Gasteiger partial charge is 0.385 e. The monoisotopic (exact) mass is 223 g/mol. The molecule has 78 valence electrons. The molecule has 5 heteroatoms. The molecule has 0 saturated heterocycles. The fourth-order valence-corrected chi connectivity index (χ4v) is 1.04. The number of hydrogen-bond donors (Lipinski definition) is 1. The minimum Gasteiger partial charge on any atom is -0.385 e. The number of rotatable bonds is 3. The van der Waals surface area contributed by atoms with Crippen LogP contribution in [-0.4, -0.2) is 12.7 Å². The van der Waals surface area contributed by atoms with Gasteiger partial charge in [-0.2, -0.15) is 13.2 Å². The summed E-state index contributed by atoms with van der Waals surface area (Å²) in [5, 5.41) is 3.21. The van der Waals surface area contributed by atoms with Crippen LogP contribution < -0.4 is 5.32 Å². The quantitative estimate of drug-likeness (QED) is 0.824.